The standard InChI is InChI=1S/C20H29N7O8/c1-10(28)16(19(34)23-9-15(30)31)25-20(35)24-13(8-14(22)29)18(33)27-26-17(32)12(21)7-11-5-3-2-4-6-11/h2-6,10,12-13,16,28H,7-9,21H2,1H3,(H2,22,29)(H,23,34)(H,26,32)(H,27,33)(H,30,31)(H2,24,25,35). The van der Waals surface area contributed by atoms with Crippen LogP contribution < -0.4 is 38.3 Å². The highest BCUT2D eigenvalue weighted by atomic mass is 16.4. The first-order valence-electron chi connectivity index (χ1n) is 10.3. The van der Waals surface area contributed by atoms with Gasteiger partial charge in [-0.1, -0.05) is 30.3 Å². The number of carboxylic acids is 1. The van der Waals surface area contributed by atoms with Crippen molar-refractivity contribution < 1.29 is 39.0 Å². The molecule has 0 aliphatic rings. The molecule has 0 aliphatic carbocycles. The van der Waals surface area contributed by atoms with E-state index >= 15 is 0 Å². The highest BCUT2D eigenvalue weighted by molar-refractivity contribution is 5.94. The highest BCUT2D eigenvalue weighted by Crippen LogP contribution is 2.02. The number of carbonyl (C=O) groups is 6. The van der Waals surface area contributed by atoms with Crippen molar-refractivity contribution in [3.8, 4) is 0 Å². The van der Waals surface area contributed by atoms with Gasteiger partial charge in [-0.25, -0.2) is 4.79 Å². The molecule has 11 N–H and O–H groups in total. The number of urea groups is 1. The maximum Gasteiger partial charge on any atom is 0.322 e. The second kappa shape index (κ2) is 14.1. The van der Waals surface area contributed by atoms with Crippen molar-refractivity contribution in [3.63, 3.8) is 0 Å². The molecule has 1 aromatic rings. The number of hydrazine groups is 1. The van der Waals surface area contributed by atoms with Crippen molar-refractivity contribution in [2.45, 2.75) is 44.0 Å². The van der Waals surface area contributed by atoms with Gasteiger partial charge in [0.1, 0.15) is 18.6 Å². The van der Waals surface area contributed by atoms with E-state index in [1.807, 2.05) is 10.7 Å². The summed E-state index contributed by atoms with van der Waals surface area (Å²) in [5.74, 6) is -5.09. The highest BCUT2D eigenvalue weighted by Gasteiger charge is 2.29. The van der Waals surface area contributed by atoms with Crippen molar-refractivity contribution in [3.05, 3.63) is 35.9 Å². The molecule has 0 aromatic heterocycles. The summed E-state index contributed by atoms with van der Waals surface area (Å²) in [5.41, 5.74) is 15.8. The third-order valence-corrected chi connectivity index (χ3v) is 4.44. The molecule has 0 saturated heterocycles. The van der Waals surface area contributed by atoms with Crippen molar-refractivity contribution in [2.24, 2.45) is 11.5 Å². The molecule has 0 heterocycles. The smallest absolute Gasteiger partial charge is 0.322 e. The Kier molecular flexibility index (Phi) is 11.6. The SMILES string of the molecule is CC(O)C(NC(=O)NC(CC(N)=O)C(=O)NNC(=O)C(N)Cc1ccccc1)C(=O)NCC(=O)O. The van der Waals surface area contributed by atoms with Crippen LogP contribution in [0.1, 0.15) is 18.9 Å². The normalized spacial score (nSPS) is 13.8. The molecule has 0 aliphatic heterocycles. The number of nitrogens with one attached hydrogen (secondary N) is 5. The molecule has 6 amide bonds. The van der Waals surface area contributed by atoms with Crippen LogP contribution in [0, 0.1) is 0 Å². The summed E-state index contributed by atoms with van der Waals surface area (Å²) in [4.78, 5) is 70.8. The quantitative estimate of drug-likeness (QED) is 0.129. The molecule has 15 heteroatoms. The molecule has 1 rings (SSSR count). The number of amides is 6. The number of hydrogen-bond donors (Lipinski definition) is 9. The van der Waals surface area contributed by atoms with Gasteiger partial charge in [0.15, 0.2) is 0 Å². The van der Waals surface area contributed by atoms with E-state index in [1.54, 1.807) is 30.3 Å². The first-order chi connectivity index (χ1) is 16.4. The van der Waals surface area contributed by atoms with Gasteiger partial charge in [0.05, 0.1) is 18.6 Å². The summed E-state index contributed by atoms with van der Waals surface area (Å²) in [7, 11) is 0. The lowest BCUT2D eigenvalue weighted by Crippen LogP contribution is -2.60. The lowest BCUT2D eigenvalue weighted by Gasteiger charge is -2.23. The third kappa shape index (κ3) is 11.0. The van der Waals surface area contributed by atoms with E-state index in [-0.39, 0.29) is 6.42 Å². The largest absolute Gasteiger partial charge is 0.480 e. The Morgan fingerprint density at radius 2 is 1.54 bits per heavy atom. The summed E-state index contributed by atoms with van der Waals surface area (Å²) < 4.78 is 0. The Hall–Kier alpha value is -4.24. The maximum atomic E-state index is 12.4. The fraction of sp³-hybridized carbons (Fsp3) is 0.400. The van der Waals surface area contributed by atoms with Crippen LogP contribution in [-0.2, 0) is 30.4 Å². The minimum Gasteiger partial charge on any atom is -0.480 e. The average Bonchev–Trinajstić information content (AvgIpc) is 2.78. The topological polar surface area (TPSA) is 255 Å². The molecule has 4 atom stereocenters. The van der Waals surface area contributed by atoms with Crippen LogP contribution in [0.3, 0.4) is 0 Å². The molecule has 0 fully saturated rings. The van der Waals surface area contributed by atoms with E-state index in [0.29, 0.717) is 0 Å². The van der Waals surface area contributed by atoms with Gasteiger partial charge in [-0.05, 0) is 18.9 Å². The zero-order valence-corrected chi connectivity index (χ0v) is 18.8. The number of aliphatic carboxylic acids is 1. The monoisotopic (exact) mass is 495 g/mol. The molecule has 1 aromatic carbocycles. The van der Waals surface area contributed by atoms with E-state index in [1.165, 1.54) is 0 Å². The Balaban J connectivity index is 2.71. The molecular weight excluding hydrogens is 466 g/mol. The number of carbonyl (C=O) groups excluding carboxylic acids is 5. The number of aliphatic hydroxyl groups is 1. The lowest BCUT2D eigenvalue weighted by atomic mass is 10.1. The summed E-state index contributed by atoms with van der Waals surface area (Å²) in [5, 5.41) is 24.5. The van der Waals surface area contributed by atoms with Gasteiger partial charge < -0.3 is 37.6 Å². The summed E-state index contributed by atoms with van der Waals surface area (Å²) in [6.07, 6.45) is -1.93. The number of nitrogens with two attached hydrogens (primary N) is 2. The van der Waals surface area contributed by atoms with Gasteiger partial charge in [0.2, 0.25) is 11.8 Å². The predicted molar refractivity (Wildman–Crippen MR) is 120 cm³/mol. The summed E-state index contributed by atoms with van der Waals surface area (Å²) >= 11 is 0. The van der Waals surface area contributed by atoms with Gasteiger partial charge in [-0.2, -0.15) is 0 Å². The van der Waals surface area contributed by atoms with Gasteiger partial charge >= 0.3 is 12.0 Å². The zero-order valence-electron chi connectivity index (χ0n) is 18.8. The van der Waals surface area contributed by atoms with Gasteiger partial charge in [0, 0.05) is 0 Å². The minimum absolute atomic E-state index is 0.179. The average molecular weight is 495 g/mol. The summed E-state index contributed by atoms with van der Waals surface area (Å²) in [6.45, 7) is 0.400. The number of rotatable bonds is 12. The first kappa shape index (κ1) is 28.8. The molecule has 0 radical (unpaired) electrons. The van der Waals surface area contributed by atoms with E-state index in [4.69, 9.17) is 16.6 Å². The second-order valence-electron chi connectivity index (χ2n) is 7.45. The van der Waals surface area contributed by atoms with Crippen molar-refractivity contribution in [1.29, 1.82) is 0 Å². The van der Waals surface area contributed by atoms with Crippen LogP contribution in [-0.4, -0.2) is 76.6 Å². The molecule has 15 nitrogen and oxygen atoms in total. The minimum atomic E-state index is -1.58. The number of aliphatic hydroxyl groups excluding tert-OH is 1. The number of hydrogen-bond acceptors (Lipinski definition) is 8. The van der Waals surface area contributed by atoms with E-state index in [0.717, 1.165) is 12.5 Å². The molecule has 4 unspecified atom stereocenters. The second-order valence-corrected chi connectivity index (χ2v) is 7.45. The van der Waals surface area contributed by atoms with Crippen LogP contribution in [0.15, 0.2) is 30.3 Å². The first-order valence-corrected chi connectivity index (χ1v) is 10.3. The zero-order chi connectivity index (χ0) is 26.5. The van der Waals surface area contributed by atoms with Crippen molar-refractivity contribution in [2.75, 3.05) is 6.54 Å². The van der Waals surface area contributed by atoms with Crippen LogP contribution in [0.4, 0.5) is 4.79 Å². The Morgan fingerprint density at radius 3 is 2.09 bits per heavy atom. The Morgan fingerprint density at radius 1 is 0.943 bits per heavy atom. The van der Waals surface area contributed by atoms with Gasteiger partial charge in [-0.3, -0.25) is 34.8 Å². The third-order valence-electron chi connectivity index (χ3n) is 4.44. The summed E-state index contributed by atoms with van der Waals surface area (Å²) in [6, 6.07) is 3.53. The molecule has 192 valence electrons. The fourth-order valence-corrected chi connectivity index (χ4v) is 2.69. The van der Waals surface area contributed by atoms with Crippen LogP contribution in [0.5, 0.6) is 0 Å². The van der Waals surface area contributed by atoms with E-state index in [9.17, 15) is 33.9 Å². The Bertz CT molecular complexity index is 925. The molecule has 0 bridgehead atoms. The van der Waals surface area contributed by atoms with Crippen molar-refractivity contribution >= 4 is 35.6 Å². The van der Waals surface area contributed by atoms with Crippen LogP contribution >= 0.6 is 0 Å². The number of primary amides is 1. The maximum absolute atomic E-state index is 12.4. The predicted octanol–water partition coefficient (Wildman–Crippen LogP) is -3.80. The fourth-order valence-electron chi connectivity index (χ4n) is 2.69. The molecule has 0 saturated carbocycles. The van der Waals surface area contributed by atoms with Gasteiger partial charge in [0.25, 0.3) is 11.8 Å². The van der Waals surface area contributed by atoms with Gasteiger partial charge in [-0.15, -0.1) is 0 Å². The number of carboxylic acid groups (broad SMARTS) is 1. The van der Waals surface area contributed by atoms with Crippen molar-refractivity contribution in [1.82, 2.24) is 26.8 Å². The van der Waals surface area contributed by atoms with Crippen LogP contribution in [0.25, 0.3) is 0 Å². The van der Waals surface area contributed by atoms with Crippen LogP contribution in [0.2, 0.25) is 0 Å². The molecular formula is C20H29N7O8. The van der Waals surface area contributed by atoms with E-state index < -0.39 is 72.8 Å². The number of benzene rings is 1. The molecule has 35 heavy (non-hydrogen) atoms. The Labute approximate surface area is 199 Å². The lowest BCUT2D eigenvalue weighted by molar-refractivity contribution is -0.138. The molecule has 0 spiro atoms. The van der Waals surface area contributed by atoms with E-state index in [2.05, 4.69) is 16.1 Å².